The van der Waals surface area contributed by atoms with Gasteiger partial charge in [0.1, 0.15) is 0 Å². The molecule has 1 aromatic heterocycles. The number of anilines is 3. The lowest BCUT2D eigenvalue weighted by Gasteiger charge is -2.19. The van der Waals surface area contributed by atoms with Gasteiger partial charge in [-0.1, -0.05) is 18.2 Å². The largest absolute Gasteiger partial charge is 0.385 e. The number of carbonyl (C=O) groups is 1. The molecule has 0 saturated carbocycles. The van der Waals surface area contributed by atoms with E-state index in [1.807, 2.05) is 92.8 Å². The van der Waals surface area contributed by atoms with Crippen LogP contribution < -0.4 is 15.5 Å². The number of benzene rings is 2. The summed E-state index contributed by atoms with van der Waals surface area (Å²) in [5.41, 5.74) is 5.53. The minimum atomic E-state index is -0.108. The fraction of sp³-hybridized carbons (Fsp3) is 0.217. The number of aryl methyl sites for hydroxylation is 1. The van der Waals surface area contributed by atoms with E-state index >= 15 is 0 Å². The van der Waals surface area contributed by atoms with Crippen LogP contribution in [0.5, 0.6) is 0 Å². The molecule has 0 aliphatic rings. The Morgan fingerprint density at radius 3 is 2.39 bits per heavy atom. The number of aromatic nitrogens is 1. The molecule has 2 aromatic carbocycles. The molecule has 0 atom stereocenters. The third-order valence-electron chi connectivity index (χ3n) is 4.51. The van der Waals surface area contributed by atoms with E-state index in [9.17, 15) is 4.79 Å². The van der Waals surface area contributed by atoms with Crippen LogP contribution >= 0.6 is 0 Å². The molecule has 0 aliphatic carbocycles. The molecule has 5 nitrogen and oxygen atoms in total. The first-order chi connectivity index (χ1) is 13.5. The number of pyridine rings is 1. The van der Waals surface area contributed by atoms with Gasteiger partial charge in [0, 0.05) is 50.3 Å². The fourth-order valence-corrected chi connectivity index (χ4v) is 3.19. The van der Waals surface area contributed by atoms with Crippen molar-refractivity contribution in [3.05, 3.63) is 83.7 Å². The van der Waals surface area contributed by atoms with Crippen LogP contribution in [0.25, 0.3) is 0 Å². The van der Waals surface area contributed by atoms with Gasteiger partial charge in [0.05, 0.1) is 11.3 Å². The Morgan fingerprint density at radius 1 is 0.964 bits per heavy atom. The van der Waals surface area contributed by atoms with Gasteiger partial charge in [-0.25, -0.2) is 0 Å². The minimum Gasteiger partial charge on any atom is -0.385 e. The number of nitrogens with one attached hydrogen (secondary N) is 2. The Morgan fingerprint density at radius 2 is 1.71 bits per heavy atom. The summed E-state index contributed by atoms with van der Waals surface area (Å²) in [6.07, 6.45) is 2.67. The second kappa shape index (κ2) is 9.04. The van der Waals surface area contributed by atoms with Crippen LogP contribution in [0, 0.1) is 6.92 Å². The van der Waals surface area contributed by atoms with Gasteiger partial charge in [0.15, 0.2) is 0 Å². The van der Waals surface area contributed by atoms with E-state index in [0.717, 1.165) is 41.3 Å². The molecule has 0 radical (unpaired) electrons. The molecular formula is C23H26N4O. The van der Waals surface area contributed by atoms with Gasteiger partial charge in [-0.3, -0.25) is 9.78 Å². The Hall–Kier alpha value is -3.34. The van der Waals surface area contributed by atoms with Crippen molar-refractivity contribution in [1.82, 2.24) is 4.98 Å². The average molecular weight is 374 g/mol. The molecule has 0 fully saturated rings. The summed E-state index contributed by atoms with van der Waals surface area (Å²) in [6.45, 7) is 2.82. The van der Waals surface area contributed by atoms with Crippen LogP contribution in [0.3, 0.4) is 0 Å². The number of hydrogen-bond donors (Lipinski definition) is 2. The van der Waals surface area contributed by atoms with E-state index in [0.29, 0.717) is 5.56 Å². The second-order valence-corrected chi connectivity index (χ2v) is 6.89. The van der Waals surface area contributed by atoms with E-state index in [1.54, 1.807) is 0 Å². The highest BCUT2D eigenvalue weighted by Crippen LogP contribution is 2.24. The van der Waals surface area contributed by atoms with Crippen molar-refractivity contribution < 1.29 is 4.79 Å². The van der Waals surface area contributed by atoms with Crippen molar-refractivity contribution in [2.24, 2.45) is 0 Å². The number of nitrogens with zero attached hydrogens (tertiary/aromatic N) is 2. The summed E-state index contributed by atoms with van der Waals surface area (Å²) in [5.74, 6) is -0.108. The zero-order chi connectivity index (χ0) is 19.9. The van der Waals surface area contributed by atoms with Gasteiger partial charge in [-0.05, 0) is 55.0 Å². The normalized spacial score (nSPS) is 10.4. The predicted molar refractivity (Wildman–Crippen MR) is 116 cm³/mol. The summed E-state index contributed by atoms with van der Waals surface area (Å²) in [4.78, 5) is 19.0. The standard InChI is InChI=1S/C23H26N4O/c1-17-7-6-9-21(22(17)27(2)3)23(28)26-20-12-10-19(11-13-20)25-16-14-18-8-4-5-15-24-18/h4-13,15,25H,14,16H2,1-3H3,(H,26,28). The molecule has 5 heteroatoms. The molecule has 3 aromatic rings. The maximum Gasteiger partial charge on any atom is 0.257 e. The molecule has 0 aliphatic heterocycles. The summed E-state index contributed by atoms with van der Waals surface area (Å²) in [7, 11) is 3.90. The summed E-state index contributed by atoms with van der Waals surface area (Å²) in [6, 6.07) is 19.5. The van der Waals surface area contributed by atoms with E-state index in [2.05, 4.69) is 15.6 Å². The lowest BCUT2D eigenvalue weighted by molar-refractivity contribution is 0.102. The minimum absolute atomic E-state index is 0.108. The first-order valence-electron chi connectivity index (χ1n) is 9.37. The molecule has 0 saturated heterocycles. The summed E-state index contributed by atoms with van der Waals surface area (Å²) >= 11 is 0. The number of para-hydroxylation sites is 1. The van der Waals surface area contributed by atoms with Crippen molar-refractivity contribution in [2.75, 3.05) is 36.2 Å². The molecular weight excluding hydrogens is 348 g/mol. The van der Waals surface area contributed by atoms with Gasteiger partial charge in [0.25, 0.3) is 5.91 Å². The average Bonchev–Trinajstić information content (AvgIpc) is 2.69. The molecule has 3 rings (SSSR count). The molecule has 144 valence electrons. The predicted octanol–water partition coefficient (Wildman–Crippen LogP) is 4.36. The zero-order valence-electron chi connectivity index (χ0n) is 16.6. The van der Waals surface area contributed by atoms with E-state index in [1.165, 1.54) is 0 Å². The highest BCUT2D eigenvalue weighted by molar-refractivity contribution is 6.08. The van der Waals surface area contributed by atoms with Crippen molar-refractivity contribution in [2.45, 2.75) is 13.3 Å². The summed E-state index contributed by atoms with van der Waals surface area (Å²) < 4.78 is 0. The quantitative estimate of drug-likeness (QED) is 0.645. The molecule has 28 heavy (non-hydrogen) atoms. The van der Waals surface area contributed by atoms with Crippen LogP contribution in [0.15, 0.2) is 66.9 Å². The monoisotopic (exact) mass is 374 g/mol. The van der Waals surface area contributed by atoms with Gasteiger partial charge in [-0.15, -0.1) is 0 Å². The van der Waals surface area contributed by atoms with Crippen molar-refractivity contribution >= 4 is 23.0 Å². The number of rotatable bonds is 7. The topological polar surface area (TPSA) is 57.3 Å². The second-order valence-electron chi connectivity index (χ2n) is 6.89. The maximum atomic E-state index is 12.7. The Kier molecular flexibility index (Phi) is 6.27. The van der Waals surface area contributed by atoms with Crippen molar-refractivity contribution in [3.63, 3.8) is 0 Å². The molecule has 2 N–H and O–H groups in total. The number of hydrogen-bond acceptors (Lipinski definition) is 4. The van der Waals surface area contributed by atoms with Crippen LogP contribution in [0.1, 0.15) is 21.6 Å². The highest BCUT2D eigenvalue weighted by Gasteiger charge is 2.14. The number of carbonyl (C=O) groups excluding carboxylic acids is 1. The van der Waals surface area contributed by atoms with Crippen LogP contribution in [-0.2, 0) is 6.42 Å². The maximum absolute atomic E-state index is 12.7. The van der Waals surface area contributed by atoms with Crippen LogP contribution in [-0.4, -0.2) is 31.5 Å². The molecule has 1 amide bonds. The van der Waals surface area contributed by atoms with Gasteiger partial charge in [-0.2, -0.15) is 0 Å². The van der Waals surface area contributed by atoms with Crippen LogP contribution in [0.2, 0.25) is 0 Å². The first kappa shape index (κ1) is 19.4. The van der Waals surface area contributed by atoms with E-state index in [-0.39, 0.29) is 5.91 Å². The third kappa shape index (κ3) is 4.88. The van der Waals surface area contributed by atoms with Crippen molar-refractivity contribution in [3.8, 4) is 0 Å². The highest BCUT2D eigenvalue weighted by atomic mass is 16.1. The van der Waals surface area contributed by atoms with E-state index in [4.69, 9.17) is 0 Å². The number of amides is 1. The third-order valence-corrected chi connectivity index (χ3v) is 4.51. The van der Waals surface area contributed by atoms with Gasteiger partial charge < -0.3 is 15.5 Å². The van der Waals surface area contributed by atoms with Gasteiger partial charge in [0.2, 0.25) is 0 Å². The molecule has 0 spiro atoms. The first-order valence-corrected chi connectivity index (χ1v) is 9.37. The SMILES string of the molecule is Cc1cccc(C(=O)Nc2ccc(NCCc3ccccn3)cc2)c1N(C)C. The Balaban J connectivity index is 1.60. The Bertz CT molecular complexity index is 921. The lowest BCUT2D eigenvalue weighted by atomic mass is 10.1. The fourth-order valence-electron chi connectivity index (χ4n) is 3.19. The van der Waals surface area contributed by atoms with Crippen molar-refractivity contribution in [1.29, 1.82) is 0 Å². The van der Waals surface area contributed by atoms with E-state index < -0.39 is 0 Å². The van der Waals surface area contributed by atoms with Gasteiger partial charge >= 0.3 is 0 Å². The van der Waals surface area contributed by atoms with Crippen LogP contribution in [0.4, 0.5) is 17.1 Å². The molecule has 0 bridgehead atoms. The molecule has 1 heterocycles. The lowest BCUT2D eigenvalue weighted by Crippen LogP contribution is -2.19. The smallest absolute Gasteiger partial charge is 0.257 e. The zero-order valence-corrected chi connectivity index (χ0v) is 16.6. The Labute approximate surface area is 166 Å². The molecule has 0 unspecified atom stereocenters. The summed E-state index contributed by atoms with van der Waals surface area (Å²) in [5, 5.41) is 6.36.